The lowest BCUT2D eigenvalue weighted by atomic mass is 10.1. The van der Waals surface area contributed by atoms with Crippen LogP contribution in [0.5, 0.6) is 5.75 Å². The summed E-state index contributed by atoms with van der Waals surface area (Å²) in [7, 11) is 0. The molecule has 22 heavy (non-hydrogen) atoms. The van der Waals surface area contributed by atoms with Gasteiger partial charge in [0.15, 0.2) is 6.10 Å². The van der Waals surface area contributed by atoms with Crippen LogP contribution in [-0.4, -0.2) is 12.0 Å². The summed E-state index contributed by atoms with van der Waals surface area (Å²) in [4.78, 5) is 12.2. The quantitative estimate of drug-likeness (QED) is 0.850. The van der Waals surface area contributed by atoms with Crippen LogP contribution in [0.25, 0.3) is 0 Å². The molecule has 2 aromatic rings. The second-order valence-corrected chi connectivity index (χ2v) is 5.91. The van der Waals surface area contributed by atoms with Crippen LogP contribution in [-0.2, 0) is 4.79 Å². The number of benzene rings is 2. The van der Waals surface area contributed by atoms with Crippen LogP contribution in [0.4, 0.5) is 5.69 Å². The van der Waals surface area contributed by atoms with Gasteiger partial charge in [-0.3, -0.25) is 4.79 Å². The Bertz CT molecular complexity index is 681. The first-order valence-electron chi connectivity index (χ1n) is 6.87. The normalized spacial score (nSPS) is 11.9. The topological polar surface area (TPSA) is 38.3 Å². The largest absolute Gasteiger partial charge is 0.480 e. The van der Waals surface area contributed by atoms with E-state index in [0.717, 1.165) is 16.9 Å². The predicted octanol–water partition coefficient (Wildman–Crippen LogP) is 5.02. The van der Waals surface area contributed by atoms with Crippen LogP contribution in [0.15, 0.2) is 36.4 Å². The molecule has 0 aromatic heterocycles. The fraction of sp³-hybridized carbons (Fsp3) is 0.235. The van der Waals surface area contributed by atoms with E-state index in [4.69, 9.17) is 27.9 Å². The molecule has 0 spiro atoms. The maximum absolute atomic E-state index is 12.2. The lowest BCUT2D eigenvalue weighted by Crippen LogP contribution is -2.30. The highest BCUT2D eigenvalue weighted by Gasteiger charge is 2.17. The number of para-hydroxylation sites is 1. The SMILES string of the molecule is Cc1cccc(C)c1O[C@H](C)C(=O)Nc1ccc(Cl)c(Cl)c1. The molecule has 2 aromatic carbocycles. The Balaban J connectivity index is 2.07. The van der Waals surface area contributed by atoms with Gasteiger partial charge in [0.2, 0.25) is 0 Å². The van der Waals surface area contributed by atoms with E-state index in [-0.39, 0.29) is 5.91 Å². The molecule has 0 bridgehead atoms. The third kappa shape index (κ3) is 3.93. The molecule has 0 unspecified atom stereocenters. The second-order valence-electron chi connectivity index (χ2n) is 5.10. The molecule has 0 radical (unpaired) electrons. The van der Waals surface area contributed by atoms with E-state index in [1.165, 1.54) is 0 Å². The summed E-state index contributed by atoms with van der Waals surface area (Å²) in [6.45, 7) is 5.61. The molecule has 1 atom stereocenters. The third-order valence-corrected chi connectivity index (χ3v) is 4.00. The van der Waals surface area contributed by atoms with E-state index >= 15 is 0 Å². The zero-order chi connectivity index (χ0) is 16.3. The average molecular weight is 338 g/mol. The zero-order valence-electron chi connectivity index (χ0n) is 12.6. The minimum Gasteiger partial charge on any atom is -0.480 e. The summed E-state index contributed by atoms with van der Waals surface area (Å²) in [5.74, 6) is 0.486. The van der Waals surface area contributed by atoms with Crippen molar-refractivity contribution in [3.63, 3.8) is 0 Å². The number of halogens is 2. The number of rotatable bonds is 4. The number of hydrogen-bond donors (Lipinski definition) is 1. The number of anilines is 1. The van der Waals surface area contributed by atoms with Gasteiger partial charge in [0.1, 0.15) is 5.75 Å². The van der Waals surface area contributed by atoms with Crippen molar-refractivity contribution in [2.45, 2.75) is 26.9 Å². The smallest absolute Gasteiger partial charge is 0.265 e. The first-order valence-corrected chi connectivity index (χ1v) is 7.63. The summed E-state index contributed by atoms with van der Waals surface area (Å²) >= 11 is 11.8. The number of aryl methyl sites for hydroxylation is 2. The van der Waals surface area contributed by atoms with Crippen LogP contribution >= 0.6 is 23.2 Å². The molecule has 0 saturated carbocycles. The van der Waals surface area contributed by atoms with Crippen LogP contribution in [0.1, 0.15) is 18.1 Å². The molecule has 0 aliphatic heterocycles. The highest BCUT2D eigenvalue weighted by atomic mass is 35.5. The number of ether oxygens (including phenoxy) is 1. The Kier molecular flexibility index (Phi) is 5.33. The maximum Gasteiger partial charge on any atom is 0.265 e. The maximum atomic E-state index is 12.2. The summed E-state index contributed by atoms with van der Waals surface area (Å²) in [5, 5.41) is 3.60. The fourth-order valence-electron chi connectivity index (χ4n) is 2.03. The van der Waals surface area contributed by atoms with Gasteiger partial charge in [-0.2, -0.15) is 0 Å². The molecule has 0 saturated heterocycles. The number of carbonyl (C=O) groups is 1. The standard InChI is InChI=1S/C17H17Cl2NO2/c1-10-5-4-6-11(2)16(10)22-12(3)17(21)20-13-7-8-14(18)15(19)9-13/h4-9,12H,1-3H3,(H,20,21)/t12-/m1/s1. The van der Waals surface area contributed by atoms with Crippen LogP contribution in [0, 0.1) is 13.8 Å². The zero-order valence-corrected chi connectivity index (χ0v) is 14.1. The van der Waals surface area contributed by atoms with Crippen molar-refractivity contribution in [2.75, 3.05) is 5.32 Å². The molecule has 116 valence electrons. The highest BCUT2D eigenvalue weighted by molar-refractivity contribution is 6.42. The van der Waals surface area contributed by atoms with E-state index in [1.54, 1.807) is 25.1 Å². The Morgan fingerprint density at radius 3 is 2.32 bits per heavy atom. The Labute approximate surface area is 140 Å². The van der Waals surface area contributed by atoms with Crippen molar-refractivity contribution in [2.24, 2.45) is 0 Å². The Morgan fingerprint density at radius 2 is 1.73 bits per heavy atom. The highest BCUT2D eigenvalue weighted by Crippen LogP contribution is 2.26. The van der Waals surface area contributed by atoms with Gasteiger partial charge in [-0.05, 0) is 50.1 Å². The van der Waals surface area contributed by atoms with Crippen molar-refractivity contribution < 1.29 is 9.53 Å². The van der Waals surface area contributed by atoms with Gasteiger partial charge in [-0.15, -0.1) is 0 Å². The molecule has 1 N–H and O–H groups in total. The fourth-order valence-corrected chi connectivity index (χ4v) is 2.33. The minimum atomic E-state index is -0.630. The molecule has 2 rings (SSSR count). The number of hydrogen-bond acceptors (Lipinski definition) is 2. The van der Waals surface area contributed by atoms with E-state index in [0.29, 0.717) is 15.7 Å². The molecular weight excluding hydrogens is 321 g/mol. The number of amides is 1. The molecule has 3 nitrogen and oxygen atoms in total. The van der Waals surface area contributed by atoms with Crippen molar-refractivity contribution in [3.05, 3.63) is 57.6 Å². The molecule has 5 heteroatoms. The van der Waals surface area contributed by atoms with Crippen molar-refractivity contribution in [3.8, 4) is 5.75 Å². The van der Waals surface area contributed by atoms with Crippen LogP contribution < -0.4 is 10.1 Å². The van der Waals surface area contributed by atoms with Gasteiger partial charge in [0.25, 0.3) is 5.91 Å². The molecule has 0 heterocycles. The van der Waals surface area contributed by atoms with E-state index in [1.807, 2.05) is 32.0 Å². The Morgan fingerprint density at radius 1 is 1.09 bits per heavy atom. The van der Waals surface area contributed by atoms with Crippen molar-refractivity contribution in [1.29, 1.82) is 0 Å². The van der Waals surface area contributed by atoms with Gasteiger partial charge in [0, 0.05) is 5.69 Å². The first-order chi connectivity index (χ1) is 10.4. The lowest BCUT2D eigenvalue weighted by molar-refractivity contribution is -0.122. The number of carbonyl (C=O) groups excluding carboxylic acids is 1. The summed E-state index contributed by atoms with van der Waals surface area (Å²) in [6.07, 6.45) is -0.630. The van der Waals surface area contributed by atoms with E-state index in [2.05, 4.69) is 5.32 Å². The first kappa shape index (κ1) is 16.7. The van der Waals surface area contributed by atoms with Gasteiger partial charge < -0.3 is 10.1 Å². The van der Waals surface area contributed by atoms with E-state index in [9.17, 15) is 4.79 Å². The van der Waals surface area contributed by atoms with Gasteiger partial charge in [0.05, 0.1) is 10.0 Å². The lowest BCUT2D eigenvalue weighted by Gasteiger charge is -2.18. The minimum absolute atomic E-state index is 0.249. The average Bonchev–Trinajstić information content (AvgIpc) is 2.46. The summed E-state index contributed by atoms with van der Waals surface area (Å²) < 4.78 is 5.79. The number of nitrogens with one attached hydrogen (secondary N) is 1. The van der Waals surface area contributed by atoms with Gasteiger partial charge in [-0.1, -0.05) is 41.4 Å². The Hall–Kier alpha value is -1.71. The molecular formula is C17H17Cl2NO2. The van der Waals surface area contributed by atoms with Crippen molar-refractivity contribution >= 4 is 34.8 Å². The summed E-state index contributed by atoms with van der Waals surface area (Å²) in [5.41, 5.74) is 2.57. The molecule has 0 fully saturated rings. The van der Waals surface area contributed by atoms with Crippen LogP contribution in [0.2, 0.25) is 10.0 Å². The molecule has 1 amide bonds. The van der Waals surface area contributed by atoms with Crippen molar-refractivity contribution in [1.82, 2.24) is 0 Å². The summed E-state index contributed by atoms with van der Waals surface area (Å²) in [6, 6.07) is 10.8. The molecule has 0 aliphatic carbocycles. The predicted molar refractivity (Wildman–Crippen MR) is 91.1 cm³/mol. The monoisotopic (exact) mass is 337 g/mol. The third-order valence-electron chi connectivity index (χ3n) is 3.26. The van der Waals surface area contributed by atoms with E-state index < -0.39 is 6.10 Å². The van der Waals surface area contributed by atoms with Crippen LogP contribution in [0.3, 0.4) is 0 Å². The molecule has 0 aliphatic rings. The second kappa shape index (κ2) is 7.03. The van der Waals surface area contributed by atoms with Gasteiger partial charge >= 0.3 is 0 Å². The van der Waals surface area contributed by atoms with Gasteiger partial charge in [-0.25, -0.2) is 0 Å².